The van der Waals surface area contributed by atoms with Gasteiger partial charge in [0.05, 0.1) is 21.3 Å². The van der Waals surface area contributed by atoms with Crippen molar-refractivity contribution >= 4 is 49.4 Å². The number of esters is 2. The minimum atomic E-state index is -0.399. The normalized spacial score (nSPS) is 42.4. The van der Waals surface area contributed by atoms with Gasteiger partial charge in [-0.05, 0) is 150 Å². The Morgan fingerprint density at radius 3 is 2.08 bits per heavy atom. The molecule has 0 amide bonds. The lowest BCUT2D eigenvalue weighted by molar-refractivity contribution is -0.232. The Kier molecular flexibility index (Phi) is 8.75. The highest BCUT2D eigenvalue weighted by atomic mass is 79.9. The van der Waals surface area contributed by atoms with Crippen molar-refractivity contribution in [2.24, 2.45) is 62.1 Å². The molecule has 2 aromatic rings. The molecular weight excluding hydrogens is 776 g/mol. The number of ether oxygens (including phenoxy) is 2. The van der Waals surface area contributed by atoms with Crippen molar-refractivity contribution < 1.29 is 19.1 Å². The van der Waals surface area contributed by atoms with Crippen LogP contribution in [0.15, 0.2) is 60.7 Å². The van der Waals surface area contributed by atoms with E-state index >= 15 is 0 Å². The molecular formula is C46H58Br2O4. The first-order valence-electron chi connectivity index (χ1n) is 20.0. The van der Waals surface area contributed by atoms with Crippen molar-refractivity contribution in [3.8, 4) is 0 Å². The molecule has 280 valence electrons. The summed E-state index contributed by atoms with van der Waals surface area (Å²) in [6, 6.07) is 18.3. The fourth-order valence-electron chi connectivity index (χ4n) is 14.3. The summed E-state index contributed by atoms with van der Waals surface area (Å²) < 4.78 is 11.3. The van der Waals surface area contributed by atoms with E-state index in [-0.39, 0.29) is 42.2 Å². The molecule has 5 fully saturated rings. The van der Waals surface area contributed by atoms with Crippen molar-refractivity contribution in [3.05, 3.63) is 77.4 Å². The average Bonchev–Trinajstić information content (AvgIpc) is 3.41. The van der Waals surface area contributed by atoms with Crippen molar-refractivity contribution in [1.82, 2.24) is 0 Å². The van der Waals surface area contributed by atoms with E-state index in [1.807, 2.05) is 30.3 Å². The Bertz CT molecular complexity index is 1780. The Labute approximate surface area is 328 Å². The Hall–Kier alpha value is -1.92. The van der Waals surface area contributed by atoms with Crippen molar-refractivity contribution in [2.75, 3.05) is 7.11 Å². The molecule has 0 heterocycles. The van der Waals surface area contributed by atoms with Crippen molar-refractivity contribution in [3.63, 3.8) is 0 Å². The first kappa shape index (κ1) is 37.0. The third-order valence-electron chi connectivity index (χ3n) is 17.4. The largest absolute Gasteiger partial charge is 0.465 e. The van der Waals surface area contributed by atoms with Crippen LogP contribution >= 0.6 is 31.9 Å². The summed E-state index contributed by atoms with van der Waals surface area (Å²) in [6.07, 6.45) is 13.8. The van der Waals surface area contributed by atoms with E-state index in [9.17, 15) is 9.59 Å². The van der Waals surface area contributed by atoms with Crippen LogP contribution in [0.4, 0.5) is 0 Å². The van der Waals surface area contributed by atoms with Gasteiger partial charge in [0.25, 0.3) is 0 Å². The lowest BCUT2D eigenvalue weighted by Crippen LogP contribution is -2.66. The minimum Gasteiger partial charge on any atom is -0.465 e. The number of benzene rings is 2. The molecule has 2 aromatic carbocycles. The van der Waals surface area contributed by atoms with Crippen LogP contribution in [0.3, 0.4) is 0 Å². The fraction of sp³-hybridized carbons (Fsp3) is 0.652. The van der Waals surface area contributed by atoms with Crippen molar-refractivity contribution in [2.45, 2.75) is 116 Å². The van der Waals surface area contributed by atoms with Gasteiger partial charge in [-0.3, -0.25) is 4.79 Å². The number of rotatable bonds is 6. The second-order valence-electron chi connectivity index (χ2n) is 19.5. The maximum atomic E-state index is 14.6. The zero-order chi connectivity index (χ0) is 37.1. The summed E-state index contributed by atoms with van der Waals surface area (Å²) in [5.74, 6) is 2.30. The molecule has 0 aliphatic heterocycles. The van der Waals surface area contributed by atoms with Crippen molar-refractivity contribution in [1.29, 1.82) is 0 Å². The van der Waals surface area contributed by atoms with Gasteiger partial charge in [0, 0.05) is 0 Å². The minimum absolute atomic E-state index is 0.00922. The number of carbonyl (C=O) groups is 2. The molecule has 52 heavy (non-hydrogen) atoms. The van der Waals surface area contributed by atoms with Crippen LogP contribution < -0.4 is 0 Å². The number of hydrogen-bond donors (Lipinski definition) is 0. The second kappa shape index (κ2) is 12.3. The van der Waals surface area contributed by atoms with E-state index in [4.69, 9.17) is 9.47 Å². The molecule has 6 aliphatic rings. The first-order valence-corrected chi connectivity index (χ1v) is 21.6. The van der Waals surface area contributed by atoms with E-state index < -0.39 is 5.41 Å². The molecule has 5 saturated carbocycles. The van der Waals surface area contributed by atoms with Gasteiger partial charge in [-0.1, -0.05) is 122 Å². The number of allylic oxidation sites excluding steroid dienone is 2. The highest BCUT2D eigenvalue weighted by Crippen LogP contribution is 2.81. The van der Waals surface area contributed by atoms with Crippen LogP contribution in [0.5, 0.6) is 0 Å². The molecule has 0 unspecified atom stereocenters. The zero-order valence-corrected chi connectivity index (χ0v) is 35.5. The first-order chi connectivity index (χ1) is 24.5. The summed E-state index contributed by atoms with van der Waals surface area (Å²) in [5.41, 5.74) is 4.60. The molecule has 0 spiro atoms. The van der Waals surface area contributed by atoms with E-state index in [2.05, 4.69) is 104 Å². The van der Waals surface area contributed by atoms with E-state index in [0.29, 0.717) is 41.8 Å². The molecule has 6 heteroatoms. The van der Waals surface area contributed by atoms with Gasteiger partial charge in [-0.2, -0.15) is 0 Å². The highest BCUT2D eigenvalue weighted by molar-refractivity contribution is 9.25. The molecule has 10 atom stereocenters. The Morgan fingerprint density at radius 2 is 1.42 bits per heavy atom. The predicted octanol–water partition coefficient (Wildman–Crippen LogP) is 12.2. The summed E-state index contributed by atoms with van der Waals surface area (Å²) in [7, 11) is 1.44. The number of carbonyl (C=O) groups excluding carboxylic acids is 2. The smallest absolute Gasteiger partial charge is 0.337 e. The monoisotopic (exact) mass is 832 g/mol. The Morgan fingerprint density at radius 1 is 0.750 bits per heavy atom. The van der Waals surface area contributed by atoms with Gasteiger partial charge in [-0.25, -0.2) is 4.79 Å². The third kappa shape index (κ3) is 5.06. The number of hydrogen-bond acceptors (Lipinski definition) is 4. The average molecular weight is 835 g/mol. The van der Waals surface area contributed by atoms with Gasteiger partial charge in [0.1, 0.15) is 6.61 Å². The fourth-order valence-corrected chi connectivity index (χ4v) is 16.1. The topological polar surface area (TPSA) is 52.6 Å². The highest BCUT2D eigenvalue weighted by Gasteiger charge is 2.76. The van der Waals surface area contributed by atoms with Crippen LogP contribution in [0.25, 0.3) is 5.57 Å². The van der Waals surface area contributed by atoms with Crippen LogP contribution in [0.1, 0.15) is 127 Å². The van der Waals surface area contributed by atoms with E-state index in [0.717, 1.165) is 44.1 Å². The van der Waals surface area contributed by atoms with Crippen LogP contribution in [0, 0.1) is 62.1 Å². The molecule has 0 radical (unpaired) electrons. The maximum absolute atomic E-state index is 14.6. The van der Waals surface area contributed by atoms with E-state index in [1.165, 1.54) is 43.9 Å². The molecule has 8 rings (SSSR count). The Balaban J connectivity index is 1.12. The number of fused-ring (bicyclic) bond motifs is 7. The quantitative estimate of drug-likeness (QED) is 0.215. The van der Waals surface area contributed by atoms with Gasteiger partial charge >= 0.3 is 11.9 Å². The van der Waals surface area contributed by atoms with Crippen LogP contribution in [-0.2, 0) is 20.9 Å². The van der Waals surface area contributed by atoms with Crippen LogP contribution in [0.2, 0.25) is 0 Å². The maximum Gasteiger partial charge on any atom is 0.337 e. The molecule has 0 N–H and O–H groups in total. The van der Waals surface area contributed by atoms with Gasteiger partial charge < -0.3 is 9.47 Å². The third-order valence-corrected chi connectivity index (χ3v) is 19.7. The molecule has 6 aliphatic carbocycles. The van der Waals surface area contributed by atoms with Gasteiger partial charge in [0.15, 0.2) is 0 Å². The number of methoxy groups -OCH3 is 1. The van der Waals surface area contributed by atoms with Gasteiger partial charge in [-0.15, -0.1) is 0 Å². The molecule has 0 saturated heterocycles. The standard InChI is InChI=1S/C46H58Br2O4/c1-40(2)32(30-13-15-31(16-14-30)38(49)51-7)19-22-41(3)35(40)21-23-43(5)36(41)18-17-33-37-34(44(6)28-46(44,47)48)20-24-45(37,26-25-42(33,43)4)39(50)52-27-29-11-9-8-10-12-29/h8-16,19,33-37H,17-18,20-28H2,1-7H3/t33-,34-,35+,36-,37+,41+,42-,43-,44+,45+/m1/s1. The molecule has 0 bridgehead atoms. The summed E-state index contributed by atoms with van der Waals surface area (Å²) in [5, 5.41) is 0. The zero-order valence-electron chi connectivity index (χ0n) is 32.3. The lowest BCUT2D eigenvalue weighted by Gasteiger charge is -2.72. The van der Waals surface area contributed by atoms with E-state index in [1.54, 1.807) is 0 Å². The van der Waals surface area contributed by atoms with Gasteiger partial charge in [0.2, 0.25) is 0 Å². The summed E-state index contributed by atoms with van der Waals surface area (Å²) >= 11 is 8.17. The predicted molar refractivity (Wildman–Crippen MR) is 215 cm³/mol. The number of alkyl halides is 2. The molecule has 4 nitrogen and oxygen atoms in total. The summed E-state index contributed by atoms with van der Waals surface area (Å²) in [4.78, 5) is 26.8. The van der Waals surface area contributed by atoms with Crippen LogP contribution in [-0.4, -0.2) is 22.3 Å². The summed E-state index contributed by atoms with van der Waals surface area (Å²) in [6.45, 7) is 15.8. The lowest BCUT2D eigenvalue weighted by atomic mass is 9.32. The SMILES string of the molecule is COC(=O)c1ccc(C2=CC[C@]3(C)[C@H]4CC[C@@H]5[C@H]6[C@H]([C@]7(C)CC7(Br)Br)CC[C@]6(C(=O)OCc6ccccc6)CC[C@@]5(C)[C@]4(C)CC[C@H]3C2(C)C)cc1. The molecule has 0 aromatic heterocycles. The number of halogens is 2. The second-order valence-corrected chi connectivity index (χ2v) is 23.2.